The summed E-state index contributed by atoms with van der Waals surface area (Å²) >= 11 is 1.92. The summed E-state index contributed by atoms with van der Waals surface area (Å²) < 4.78 is 0. The minimum atomic E-state index is 0.738. The molecule has 0 bridgehead atoms. The van der Waals surface area contributed by atoms with Crippen LogP contribution in [-0.2, 0) is 0 Å². The summed E-state index contributed by atoms with van der Waals surface area (Å²) in [6.07, 6.45) is 6.84. The van der Waals surface area contributed by atoms with Gasteiger partial charge in [0.05, 0.1) is 0 Å². The van der Waals surface area contributed by atoms with Crippen molar-refractivity contribution >= 4 is 11.3 Å². The predicted octanol–water partition coefficient (Wildman–Crippen LogP) is 4.08. The Bertz CT molecular complexity index is 268. The molecule has 1 nitrogen and oxygen atoms in total. The molecule has 0 radical (unpaired) electrons. The fourth-order valence-corrected chi connectivity index (χ4v) is 3.36. The minimum Gasteiger partial charge on any atom is -0.296 e. The van der Waals surface area contributed by atoms with E-state index >= 15 is 0 Å². The highest BCUT2D eigenvalue weighted by atomic mass is 32.1. The van der Waals surface area contributed by atoms with E-state index in [9.17, 15) is 0 Å². The van der Waals surface area contributed by atoms with Crippen LogP contribution in [0.1, 0.15) is 49.9 Å². The molecule has 1 unspecified atom stereocenters. The zero-order valence-corrected chi connectivity index (χ0v) is 10.4. The van der Waals surface area contributed by atoms with Crippen molar-refractivity contribution in [2.45, 2.75) is 45.1 Å². The van der Waals surface area contributed by atoms with Crippen LogP contribution in [0.3, 0.4) is 0 Å². The maximum atomic E-state index is 2.68. The van der Waals surface area contributed by atoms with E-state index in [1.165, 1.54) is 45.2 Å². The molecule has 2 heteroatoms. The number of hydrogen-bond donors (Lipinski definition) is 0. The summed E-state index contributed by atoms with van der Waals surface area (Å²) in [4.78, 5) is 4.26. The van der Waals surface area contributed by atoms with Gasteiger partial charge in [-0.05, 0) is 43.8 Å². The molecular weight excluding hydrogens is 202 g/mol. The third-order valence-electron chi connectivity index (χ3n) is 3.28. The largest absolute Gasteiger partial charge is 0.296 e. The second-order valence-corrected chi connectivity index (χ2v) is 5.40. The Balaban J connectivity index is 1.88. The molecule has 1 fully saturated rings. The SMILES string of the molecule is CCCCCN1CCCC1c1cccs1. The van der Waals surface area contributed by atoms with Crippen LogP contribution in [0.5, 0.6) is 0 Å². The summed E-state index contributed by atoms with van der Waals surface area (Å²) in [5, 5.41) is 2.21. The zero-order valence-electron chi connectivity index (χ0n) is 9.61. The molecular formula is C13H21NS. The van der Waals surface area contributed by atoms with Crippen molar-refractivity contribution in [3.05, 3.63) is 22.4 Å². The monoisotopic (exact) mass is 223 g/mol. The van der Waals surface area contributed by atoms with Gasteiger partial charge < -0.3 is 0 Å². The lowest BCUT2D eigenvalue weighted by molar-refractivity contribution is 0.254. The van der Waals surface area contributed by atoms with E-state index in [0.717, 1.165) is 6.04 Å². The first-order valence-corrected chi connectivity index (χ1v) is 7.07. The van der Waals surface area contributed by atoms with Gasteiger partial charge in [0.15, 0.2) is 0 Å². The Morgan fingerprint density at radius 3 is 3.13 bits per heavy atom. The molecule has 1 aliphatic heterocycles. The lowest BCUT2D eigenvalue weighted by Crippen LogP contribution is -2.23. The Labute approximate surface area is 97.1 Å². The number of unbranched alkanes of at least 4 members (excludes halogenated alkanes) is 2. The minimum absolute atomic E-state index is 0.738. The molecule has 2 rings (SSSR count). The van der Waals surface area contributed by atoms with Crippen molar-refractivity contribution in [2.75, 3.05) is 13.1 Å². The van der Waals surface area contributed by atoms with Crippen LogP contribution in [-0.4, -0.2) is 18.0 Å². The Morgan fingerprint density at radius 2 is 2.40 bits per heavy atom. The third kappa shape index (κ3) is 2.82. The molecule has 84 valence electrons. The summed E-state index contributed by atoms with van der Waals surface area (Å²) in [6.45, 7) is 4.89. The van der Waals surface area contributed by atoms with Gasteiger partial charge in [-0.2, -0.15) is 0 Å². The van der Waals surface area contributed by atoms with Crippen LogP contribution in [0.4, 0.5) is 0 Å². The van der Waals surface area contributed by atoms with Crippen LogP contribution < -0.4 is 0 Å². The maximum absolute atomic E-state index is 2.68. The van der Waals surface area contributed by atoms with Crippen molar-refractivity contribution in [1.29, 1.82) is 0 Å². The van der Waals surface area contributed by atoms with Crippen molar-refractivity contribution in [1.82, 2.24) is 4.90 Å². The van der Waals surface area contributed by atoms with Crippen molar-refractivity contribution < 1.29 is 0 Å². The fraction of sp³-hybridized carbons (Fsp3) is 0.692. The molecule has 0 spiro atoms. The molecule has 2 heterocycles. The Hall–Kier alpha value is -0.340. The first-order chi connectivity index (χ1) is 7.42. The van der Waals surface area contributed by atoms with Gasteiger partial charge in [0, 0.05) is 10.9 Å². The highest BCUT2D eigenvalue weighted by molar-refractivity contribution is 7.10. The summed E-state index contributed by atoms with van der Waals surface area (Å²) in [7, 11) is 0. The molecule has 0 aliphatic carbocycles. The summed E-state index contributed by atoms with van der Waals surface area (Å²) in [5.74, 6) is 0. The van der Waals surface area contributed by atoms with E-state index in [2.05, 4.69) is 29.3 Å². The van der Waals surface area contributed by atoms with E-state index in [1.807, 2.05) is 11.3 Å². The van der Waals surface area contributed by atoms with Gasteiger partial charge in [-0.1, -0.05) is 25.8 Å². The van der Waals surface area contributed by atoms with Gasteiger partial charge in [0.25, 0.3) is 0 Å². The molecule has 0 amide bonds. The molecule has 1 saturated heterocycles. The van der Waals surface area contributed by atoms with E-state index in [-0.39, 0.29) is 0 Å². The normalized spacial score (nSPS) is 22.3. The van der Waals surface area contributed by atoms with Crippen molar-refractivity contribution in [3.63, 3.8) is 0 Å². The topological polar surface area (TPSA) is 3.24 Å². The first kappa shape index (κ1) is 11.2. The maximum Gasteiger partial charge on any atom is 0.0441 e. The van der Waals surface area contributed by atoms with Crippen LogP contribution >= 0.6 is 11.3 Å². The number of likely N-dealkylation sites (tertiary alicyclic amines) is 1. The lowest BCUT2D eigenvalue weighted by Gasteiger charge is -2.23. The smallest absolute Gasteiger partial charge is 0.0441 e. The molecule has 15 heavy (non-hydrogen) atoms. The molecule has 1 aromatic rings. The Morgan fingerprint density at radius 1 is 1.47 bits per heavy atom. The van der Waals surface area contributed by atoms with Crippen LogP contribution in [0, 0.1) is 0 Å². The first-order valence-electron chi connectivity index (χ1n) is 6.19. The summed E-state index contributed by atoms with van der Waals surface area (Å²) in [5.41, 5.74) is 0. The van der Waals surface area contributed by atoms with Crippen molar-refractivity contribution in [2.24, 2.45) is 0 Å². The van der Waals surface area contributed by atoms with E-state index < -0.39 is 0 Å². The molecule has 1 atom stereocenters. The van der Waals surface area contributed by atoms with Crippen LogP contribution in [0.15, 0.2) is 17.5 Å². The average Bonchev–Trinajstić information content (AvgIpc) is 2.87. The Kier molecular flexibility index (Phi) is 4.21. The number of thiophene rings is 1. The van der Waals surface area contributed by atoms with E-state index in [0.29, 0.717) is 0 Å². The lowest BCUT2D eigenvalue weighted by atomic mass is 10.1. The second-order valence-electron chi connectivity index (χ2n) is 4.42. The molecule has 0 aromatic carbocycles. The number of nitrogens with zero attached hydrogens (tertiary/aromatic N) is 1. The van der Waals surface area contributed by atoms with E-state index in [4.69, 9.17) is 0 Å². The standard InChI is InChI=1S/C13H21NS/c1-2-3-4-9-14-10-5-7-12(14)13-8-6-11-15-13/h6,8,11-12H,2-5,7,9-10H2,1H3. The zero-order chi connectivity index (χ0) is 10.5. The number of hydrogen-bond acceptors (Lipinski definition) is 2. The van der Waals surface area contributed by atoms with Gasteiger partial charge in [0.2, 0.25) is 0 Å². The summed E-state index contributed by atoms with van der Waals surface area (Å²) in [6, 6.07) is 5.22. The second kappa shape index (κ2) is 5.66. The van der Waals surface area contributed by atoms with Gasteiger partial charge in [0.1, 0.15) is 0 Å². The molecule has 1 aliphatic rings. The third-order valence-corrected chi connectivity index (χ3v) is 4.26. The highest BCUT2D eigenvalue weighted by Crippen LogP contribution is 2.34. The fourth-order valence-electron chi connectivity index (χ4n) is 2.46. The van der Waals surface area contributed by atoms with Gasteiger partial charge >= 0.3 is 0 Å². The molecule has 1 aromatic heterocycles. The van der Waals surface area contributed by atoms with Crippen molar-refractivity contribution in [3.8, 4) is 0 Å². The van der Waals surface area contributed by atoms with Gasteiger partial charge in [-0.25, -0.2) is 0 Å². The van der Waals surface area contributed by atoms with Crippen LogP contribution in [0.2, 0.25) is 0 Å². The van der Waals surface area contributed by atoms with E-state index in [1.54, 1.807) is 4.88 Å². The molecule has 0 N–H and O–H groups in total. The predicted molar refractivity (Wildman–Crippen MR) is 67.4 cm³/mol. The highest BCUT2D eigenvalue weighted by Gasteiger charge is 2.25. The van der Waals surface area contributed by atoms with Gasteiger partial charge in [-0.15, -0.1) is 11.3 Å². The molecule has 0 saturated carbocycles. The van der Waals surface area contributed by atoms with Crippen LogP contribution in [0.25, 0.3) is 0 Å². The average molecular weight is 223 g/mol. The van der Waals surface area contributed by atoms with Gasteiger partial charge in [-0.3, -0.25) is 4.90 Å². The number of rotatable bonds is 5. The quantitative estimate of drug-likeness (QED) is 0.680.